The van der Waals surface area contributed by atoms with Gasteiger partial charge < -0.3 is 15.5 Å². The lowest BCUT2D eigenvalue weighted by Crippen LogP contribution is -2.11. The predicted octanol–water partition coefficient (Wildman–Crippen LogP) is 3.93. The number of hydrogen-bond donors (Lipinski definition) is 2. The third kappa shape index (κ3) is 2.21. The molecule has 4 nitrogen and oxygen atoms in total. The van der Waals surface area contributed by atoms with Gasteiger partial charge in [0.25, 0.3) is 5.91 Å². The van der Waals surface area contributed by atoms with Crippen LogP contribution in [0.25, 0.3) is 11.0 Å². The van der Waals surface area contributed by atoms with E-state index in [4.69, 9.17) is 21.8 Å². The maximum Gasteiger partial charge on any atom is 0.286 e. The van der Waals surface area contributed by atoms with Crippen LogP contribution in [0.3, 0.4) is 0 Å². The molecule has 5 heteroatoms. The number of anilines is 2. The SMILES string of the molecule is NC(=O)c1oc2ccccc2c1Nc1cccc(Cl)c1. The van der Waals surface area contributed by atoms with E-state index in [1.165, 1.54) is 0 Å². The number of furan rings is 1. The number of benzene rings is 2. The van der Waals surface area contributed by atoms with Crippen LogP contribution in [-0.4, -0.2) is 5.91 Å². The molecule has 0 saturated heterocycles. The number of para-hydroxylation sites is 1. The predicted molar refractivity (Wildman–Crippen MR) is 79.5 cm³/mol. The Hall–Kier alpha value is -2.46. The van der Waals surface area contributed by atoms with Crippen LogP contribution >= 0.6 is 11.6 Å². The van der Waals surface area contributed by atoms with Gasteiger partial charge in [0.1, 0.15) is 5.58 Å². The highest BCUT2D eigenvalue weighted by Gasteiger charge is 2.18. The zero-order chi connectivity index (χ0) is 14.1. The summed E-state index contributed by atoms with van der Waals surface area (Å²) in [5.74, 6) is -0.517. The summed E-state index contributed by atoms with van der Waals surface area (Å²) in [6.45, 7) is 0. The molecule has 1 heterocycles. The van der Waals surface area contributed by atoms with E-state index in [9.17, 15) is 4.79 Å². The van der Waals surface area contributed by atoms with E-state index in [1.54, 1.807) is 18.2 Å². The number of halogens is 1. The molecule has 0 radical (unpaired) electrons. The van der Waals surface area contributed by atoms with Gasteiger partial charge in [-0.3, -0.25) is 4.79 Å². The van der Waals surface area contributed by atoms with Gasteiger partial charge in [0.15, 0.2) is 0 Å². The number of primary amides is 1. The van der Waals surface area contributed by atoms with Crippen LogP contribution < -0.4 is 11.1 Å². The fraction of sp³-hybridized carbons (Fsp3) is 0. The van der Waals surface area contributed by atoms with Crippen molar-refractivity contribution in [2.45, 2.75) is 0 Å². The normalized spacial score (nSPS) is 10.7. The van der Waals surface area contributed by atoms with Crippen LogP contribution in [0.1, 0.15) is 10.6 Å². The molecule has 0 saturated carbocycles. The van der Waals surface area contributed by atoms with E-state index in [0.717, 1.165) is 11.1 Å². The molecular weight excluding hydrogens is 276 g/mol. The Labute approximate surface area is 120 Å². The van der Waals surface area contributed by atoms with Gasteiger partial charge in [-0.1, -0.05) is 29.8 Å². The van der Waals surface area contributed by atoms with Crippen LogP contribution in [-0.2, 0) is 0 Å². The van der Waals surface area contributed by atoms with Crippen molar-refractivity contribution >= 4 is 39.9 Å². The van der Waals surface area contributed by atoms with Crippen LogP contribution in [0.2, 0.25) is 5.02 Å². The average Bonchev–Trinajstić information content (AvgIpc) is 2.78. The molecule has 3 aromatic rings. The molecule has 0 aliphatic rings. The lowest BCUT2D eigenvalue weighted by molar-refractivity contribution is 0.0977. The van der Waals surface area contributed by atoms with Crippen molar-refractivity contribution in [3.63, 3.8) is 0 Å². The summed E-state index contributed by atoms with van der Waals surface area (Å²) >= 11 is 5.95. The highest BCUT2D eigenvalue weighted by Crippen LogP contribution is 2.33. The molecule has 0 fully saturated rings. The highest BCUT2D eigenvalue weighted by atomic mass is 35.5. The average molecular weight is 287 g/mol. The molecule has 2 aromatic carbocycles. The lowest BCUT2D eigenvalue weighted by atomic mass is 10.2. The summed E-state index contributed by atoms with van der Waals surface area (Å²) in [4.78, 5) is 11.5. The summed E-state index contributed by atoms with van der Waals surface area (Å²) in [7, 11) is 0. The molecule has 1 aromatic heterocycles. The first-order valence-electron chi connectivity index (χ1n) is 5.99. The van der Waals surface area contributed by atoms with Gasteiger partial charge in [-0.2, -0.15) is 0 Å². The van der Waals surface area contributed by atoms with Crippen LogP contribution in [0.4, 0.5) is 11.4 Å². The maximum atomic E-state index is 11.5. The van der Waals surface area contributed by atoms with E-state index >= 15 is 0 Å². The topological polar surface area (TPSA) is 68.3 Å². The molecule has 3 N–H and O–H groups in total. The molecule has 20 heavy (non-hydrogen) atoms. The second-order valence-corrected chi connectivity index (χ2v) is 4.74. The van der Waals surface area contributed by atoms with Gasteiger partial charge in [-0.25, -0.2) is 0 Å². The number of amides is 1. The Morgan fingerprint density at radius 2 is 1.95 bits per heavy atom. The summed E-state index contributed by atoms with van der Waals surface area (Å²) < 4.78 is 5.49. The molecule has 0 spiro atoms. The molecule has 0 atom stereocenters. The molecule has 0 unspecified atom stereocenters. The molecular formula is C15H11ClN2O2. The molecule has 100 valence electrons. The minimum absolute atomic E-state index is 0.103. The van der Waals surface area contributed by atoms with Gasteiger partial charge in [-0.15, -0.1) is 0 Å². The number of fused-ring (bicyclic) bond motifs is 1. The minimum Gasteiger partial charge on any atom is -0.449 e. The molecule has 3 rings (SSSR count). The van der Waals surface area contributed by atoms with Gasteiger partial charge in [0.05, 0.1) is 5.69 Å². The molecule has 0 aliphatic carbocycles. The lowest BCUT2D eigenvalue weighted by Gasteiger charge is -2.06. The van der Waals surface area contributed by atoms with Gasteiger partial charge in [0.2, 0.25) is 5.76 Å². The Morgan fingerprint density at radius 1 is 1.15 bits per heavy atom. The molecule has 0 bridgehead atoms. The Morgan fingerprint density at radius 3 is 2.70 bits per heavy atom. The highest BCUT2D eigenvalue weighted by molar-refractivity contribution is 6.30. The van der Waals surface area contributed by atoms with Crippen LogP contribution in [0, 0.1) is 0 Å². The number of rotatable bonds is 3. The number of nitrogens with one attached hydrogen (secondary N) is 1. The third-order valence-electron chi connectivity index (χ3n) is 2.91. The fourth-order valence-electron chi connectivity index (χ4n) is 2.05. The second kappa shape index (κ2) is 4.90. The van der Waals surface area contributed by atoms with Gasteiger partial charge >= 0.3 is 0 Å². The number of carbonyl (C=O) groups excluding carboxylic acids is 1. The first-order chi connectivity index (χ1) is 9.65. The third-order valence-corrected chi connectivity index (χ3v) is 3.15. The fourth-order valence-corrected chi connectivity index (χ4v) is 2.24. The van der Waals surface area contributed by atoms with Gasteiger partial charge in [-0.05, 0) is 30.3 Å². The second-order valence-electron chi connectivity index (χ2n) is 4.30. The van der Waals surface area contributed by atoms with E-state index in [0.29, 0.717) is 16.3 Å². The van der Waals surface area contributed by atoms with Crippen LogP contribution in [0.5, 0.6) is 0 Å². The molecule has 1 amide bonds. The summed E-state index contributed by atoms with van der Waals surface area (Å²) in [6, 6.07) is 14.5. The standard InChI is InChI=1S/C15H11ClN2O2/c16-9-4-3-5-10(8-9)18-13-11-6-1-2-7-12(11)20-14(13)15(17)19/h1-8,18H,(H2,17,19). The zero-order valence-corrected chi connectivity index (χ0v) is 11.1. The number of carbonyl (C=O) groups is 1. The quantitative estimate of drug-likeness (QED) is 0.766. The van der Waals surface area contributed by atoms with Crippen molar-refractivity contribution in [1.82, 2.24) is 0 Å². The minimum atomic E-state index is -0.620. The van der Waals surface area contributed by atoms with Crippen molar-refractivity contribution in [1.29, 1.82) is 0 Å². The largest absolute Gasteiger partial charge is 0.449 e. The van der Waals surface area contributed by atoms with Crippen molar-refractivity contribution < 1.29 is 9.21 Å². The van der Waals surface area contributed by atoms with E-state index in [-0.39, 0.29) is 5.76 Å². The maximum absolute atomic E-state index is 11.5. The smallest absolute Gasteiger partial charge is 0.286 e. The first-order valence-corrected chi connectivity index (χ1v) is 6.37. The zero-order valence-electron chi connectivity index (χ0n) is 10.4. The molecule has 0 aliphatic heterocycles. The Kier molecular flexibility index (Phi) is 3.08. The van der Waals surface area contributed by atoms with Gasteiger partial charge in [0, 0.05) is 16.1 Å². The van der Waals surface area contributed by atoms with E-state index < -0.39 is 5.91 Å². The van der Waals surface area contributed by atoms with Crippen molar-refractivity contribution in [3.8, 4) is 0 Å². The van der Waals surface area contributed by atoms with E-state index in [2.05, 4.69) is 5.32 Å². The summed E-state index contributed by atoms with van der Waals surface area (Å²) in [5, 5.41) is 4.53. The number of hydrogen-bond acceptors (Lipinski definition) is 3. The number of nitrogens with two attached hydrogens (primary N) is 1. The van der Waals surface area contributed by atoms with E-state index in [1.807, 2.05) is 30.3 Å². The summed E-state index contributed by atoms with van der Waals surface area (Å²) in [6.07, 6.45) is 0. The first kappa shape index (κ1) is 12.6. The van der Waals surface area contributed by atoms with Crippen LogP contribution in [0.15, 0.2) is 52.9 Å². The Bertz CT molecular complexity index is 795. The monoisotopic (exact) mass is 286 g/mol. The Balaban J connectivity index is 2.14. The van der Waals surface area contributed by atoms with Crippen molar-refractivity contribution in [2.24, 2.45) is 5.73 Å². The summed E-state index contributed by atoms with van der Waals surface area (Å²) in [5.41, 5.74) is 7.27. The van der Waals surface area contributed by atoms with Crippen molar-refractivity contribution in [3.05, 3.63) is 59.3 Å². The van der Waals surface area contributed by atoms with Crippen molar-refractivity contribution in [2.75, 3.05) is 5.32 Å².